The molecule has 2 aromatic carbocycles. The summed E-state index contributed by atoms with van der Waals surface area (Å²) in [6, 6.07) is 8.08. The lowest BCUT2D eigenvalue weighted by Gasteiger charge is -2.34. The Labute approximate surface area is 168 Å². The SMILES string of the molecule is COc1cc(C)c(NC(=O)C2C=NC(=O)N(C)C2c2ccc(F)cc2)cc1OC. The minimum absolute atomic E-state index is 0.349. The van der Waals surface area contributed by atoms with Crippen LogP contribution in [0.15, 0.2) is 41.4 Å². The third-order valence-corrected chi connectivity index (χ3v) is 4.91. The van der Waals surface area contributed by atoms with Gasteiger partial charge < -0.3 is 19.7 Å². The summed E-state index contributed by atoms with van der Waals surface area (Å²) in [7, 11) is 4.61. The van der Waals surface area contributed by atoms with Gasteiger partial charge in [0.15, 0.2) is 11.5 Å². The van der Waals surface area contributed by atoms with Crippen molar-refractivity contribution in [1.82, 2.24) is 4.90 Å². The molecule has 3 rings (SSSR count). The molecule has 0 aliphatic carbocycles. The number of carbonyl (C=O) groups excluding carboxylic acids is 2. The summed E-state index contributed by atoms with van der Waals surface area (Å²) in [5.74, 6) is -0.465. The van der Waals surface area contributed by atoms with Gasteiger partial charge in [0, 0.05) is 25.0 Å². The number of halogens is 1. The average molecular weight is 399 g/mol. The van der Waals surface area contributed by atoms with Crippen molar-refractivity contribution in [3.63, 3.8) is 0 Å². The molecule has 152 valence electrons. The Morgan fingerprint density at radius 2 is 1.76 bits per heavy atom. The number of amides is 3. The number of rotatable bonds is 5. The van der Waals surface area contributed by atoms with Crippen LogP contribution in [0.5, 0.6) is 11.5 Å². The molecule has 2 unspecified atom stereocenters. The lowest BCUT2D eigenvalue weighted by molar-refractivity contribution is -0.119. The molecule has 7 nitrogen and oxygen atoms in total. The van der Waals surface area contributed by atoms with Crippen molar-refractivity contribution in [2.45, 2.75) is 13.0 Å². The number of nitrogens with zero attached hydrogens (tertiary/aromatic N) is 2. The third kappa shape index (κ3) is 4.06. The largest absolute Gasteiger partial charge is 0.493 e. The van der Waals surface area contributed by atoms with E-state index in [-0.39, 0.29) is 5.91 Å². The van der Waals surface area contributed by atoms with E-state index in [0.717, 1.165) is 5.56 Å². The first-order valence-electron chi connectivity index (χ1n) is 8.95. The monoisotopic (exact) mass is 399 g/mol. The first kappa shape index (κ1) is 20.3. The van der Waals surface area contributed by atoms with Gasteiger partial charge in [-0.1, -0.05) is 12.1 Å². The van der Waals surface area contributed by atoms with Crippen molar-refractivity contribution in [2.75, 3.05) is 26.6 Å². The van der Waals surface area contributed by atoms with Crippen LogP contribution in [0.1, 0.15) is 17.2 Å². The molecule has 3 amide bonds. The fourth-order valence-electron chi connectivity index (χ4n) is 3.31. The Morgan fingerprint density at radius 1 is 1.14 bits per heavy atom. The van der Waals surface area contributed by atoms with Crippen LogP contribution in [0.3, 0.4) is 0 Å². The summed E-state index contributed by atoms with van der Waals surface area (Å²) >= 11 is 0. The summed E-state index contributed by atoms with van der Waals surface area (Å²) in [4.78, 5) is 30.3. The van der Waals surface area contributed by atoms with Crippen molar-refractivity contribution in [2.24, 2.45) is 10.9 Å². The van der Waals surface area contributed by atoms with Crippen LogP contribution < -0.4 is 14.8 Å². The molecule has 0 saturated heterocycles. The summed E-state index contributed by atoms with van der Waals surface area (Å²) < 4.78 is 23.9. The summed E-state index contributed by atoms with van der Waals surface area (Å²) in [6.45, 7) is 1.83. The molecular formula is C21H22FN3O4. The van der Waals surface area contributed by atoms with Gasteiger partial charge in [0.2, 0.25) is 5.91 Å². The third-order valence-electron chi connectivity index (χ3n) is 4.91. The molecule has 8 heteroatoms. The average Bonchev–Trinajstić information content (AvgIpc) is 2.71. The number of carbonyl (C=O) groups is 2. The fraction of sp³-hybridized carbons (Fsp3) is 0.286. The zero-order valence-corrected chi connectivity index (χ0v) is 16.6. The molecule has 1 heterocycles. The second-order valence-electron chi connectivity index (χ2n) is 6.71. The normalized spacial score (nSPS) is 18.5. The number of aliphatic imine (C=N–C) groups is 1. The number of urea groups is 1. The highest BCUT2D eigenvalue weighted by molar-refractivity contribution is 6.06. The highest BCUT2D eigenvalue weighted by Gasteiger charge is 2.37. The molecule has 1 N–H and O–H groups in total. The fourth-order valence-corrected chi connectivity index (χ4v) is 3.31. The predicted molar refractivity (Wildman–Crippen MR) is 107 cm³/mol. The standard InChI is InChI=1S/C21H22FN3O4/c1-12-9-17(28-3)18(29-4)10-16(12)24-20(26)15-11-23-21(27)25(2)19(15)13-5-7-14(22)8-6-13/h5-11,15,19H,1-4H3,(H,24,26). The molecule has 2 atom stereocenters. The van der Waals surface area contributed by atoms with E-state index in [1.54, 1.807) is 31.3 Å². The quantitative estimate of drug-likeness (QED) is 0.833. The van der Waals surface area contributed by atoms with Crippen LogP contribution in [0, 0.1) is 18.7 Å². The Balaban J connectivity index is 1.93. The van der Waals surface area contributed by atoms with Gasteiger partial charge in [0.25, 0.3) is 0 Å². The van der Waals surface area contributed by atoms with Crippen molar-refractivity contribution in [3.8, 4) is 11.5 Å². The van der Waals surface area contributed by atoms with E-state index in [1.807, 2.05) is 6.92 Å². The van der Waals surface area contributed by atoms with Crippen LogP contribution in [-0.2, 0) is 4.79 Å². The lowest BCUT2D eigenvalue weighted by Crippen LogP contribution is -2.43. The smallest absolute Gasteiger partial charge is 0.343 e. The maximum Gasteiger partial charge on any atom is 0.343 e. The zero-order valence-electron chi connectivity index (χ0n) is 16.6. The number of nitrogens with one attached hydrogen (secondary N) is 1. The van der Waals surface area contributed by atoms with Crippen LogP contribution in [0.4, 0.5) is 14.9 Å². The lowest BCUT2D eigenvalue weighted by atomic mass is 9.90. The zero-order chi connectivity index (χ0) is 21.1. The van der Waals surface area contributed by atoms with Gasteiger partial charge in [-0.25, -0.2) is 14.2 Å². The Bertz CT molecular complexity index is 959. The van der Waals surface area contributed by atoms with E-state index in [2.05, 4.69) is 10.3 Å². The van der Waals surface area contributed by atoms with E-state index in [1.165, 1.54) is 37.5 Å². The van der Waals surface area contributed by atoms with E-state index < -0.39 is 23.8 Å². The Morgan fingerprint density at radius 3 is 2.38 bits per heavy atom. The minimum atomic E-state index is -0.754. The number of benzene rings is 2. The van der Waals surface area contributed by atoms with Crippen LogP contribution >= 0.6 is 0 Å². The second kappa shape index (κ2) is 8.30. The van der Waals surface area contributed by atoms with Crippen molar-refractivity contribution in [3.05, 3.63) is 53.3 Å². The molecule has 0 radical (unpaired) electrons. The molecular weight excluding hydrogens is 377 g/mol. The van der Waals surface area contributed by atoms with E-state index in [9.17, 15) is 14.0 Å². The number of ether oxygens (including phenoxy) is 2. The number of methoxy groups -OCH3 is 2. The molecule has 0 spiro atoms. The number of hydrogen-bond acceptors (Lipinski definition) is 4. The second-order valence-corrected chi connectivity index (χ2v) is 6.71. The van der Waals surface area contributed by atoms with E-state index in [4.69, 9.17) is 9.47 Å². The van der Waals surface area contributed by atoms with Crippen LogP contribution in [-0.4, -0.2) is 44.3 Å². The predicted octanol–water partition coefficient (Wildman–Crippen LogP) is 3.58. The molecule has 0 aromatic heterocycles. The van der Waals surface area contributed by atoms with Gasteiger partial charge in [-0.05, 0) is 36.2 Å². The molecule has 0 saturated carbocycles. The maximum atomic E-state index is 13.3. The number of aryl methyl sites for hydroxylation is 1. The molecule has 2 aromatic rings. The van der Waals surface area contributed by atoms with Gasteiger partial charge in [-0.2, -0.15) is 0 Å². The van der Waals surface area contributed by atoms with Crippen molar-refractivity contribution >= 4 is 23.8 Å². The molecule has 1 aliphatic rings. The van der Waals surface area contributed by atoms with Gasteiger partial charge in [0.05, 0.1) is 26.2 Å². The highest BCUT2D eigenvalue weighted by atomic mass is 19.1. The topological polar surface area (TPSA) is 80.2 Å². The maximum absolute atomic E-state index is 13.3. The molecule has 29 heavy (non-hydrogen) atoms. The number of hydrogen-bond donors (Lipinski definition) is 1. The van der Waals surface area contributed by atoms with Crippen molar-refractivity contribution < 1.29 is 23.5 Å². The minimum Gasteiger partial charge on any atom is -0.493 e. The van der Waals surface area contributed by atoms with Gasteiger partial charge in [-0.3, -0.25) is 4.79 Å². The van der Waals surface area contributed by atoms with E-state index in [0.29, 0.717) is 22.7 Å². The Kier molecular flexibility index (Phi) is 5.81. The van der Waals surface area contributed by atoms with Gasteiger partial charge in [-0.15, -0.1) is 0 Å². The number of anilines is 1. The van der Waals surface area contributed by atoms with Gasteiger partial charge in [0.1, 0.15) is 5.82 Å². The Hall–Kier alpha value is -3.42. The molecule has 0 bridgehead atoms. The summed E-state index contributed by atoms with van der Waals surface area (Å²) in [5.41, 5.74) is 1.97. The van der Waals surface area contributed by atoms with Crippen molar-refractivity contribution in [1.29, 1.82) is 0 Å². The highest BCUT2D eigenvalue weighted by Crippen LogP contribution is 2.35. The van der Waals surface area contributed by atoms with E-state index >= 15 is 0 Å². The summed E-state index contributed by atoms with van der Waals surface area (Å²) in [5, 5.41) is 2.87. The van der Waals surface area contributed by atoms with Crippen LogP contribution in [0.25, 0.3) is 0 Å². The first-order chi connectivity index (χ1) is 13.8. The van der Waals surface area contributed by atoms with Crippen LogP contribution in [0.2, 0.25) is 0 Å². The molecule has 0 fully saturated rings. The molecule has 1 aliphatic heterocycles. The van der Waals surface area contributed by atoms with Gasteiger partial charge >= 0.3 is 6.03 Å². The summed E-state index contributed by atoms with van der Waals surface area (Å²) in [6.07, 6.45) is 1.34. The first-order valence-corrected chi connectivity index (χ1v) is 8.95.